The van der Waals surface area contributed by atoms with Crippen LogP contribution in [0.1, 0.15) is 10.4 Å². The van der Waals surface area contributed by atoms with Crippen LogP contribution in [0.15, 0.2) is 42.5 Å². The number of hydrogen-bond acceptors (Lipinski definition) is 3. The highest BCUT2D eigenvalue weighted by Crippen LogP contribution is 2.28. The monoisotopic (exact) mass is 289 g/mol. The van der Waals surface area contributed by atoms with E-state index in [2.05, 4.69) is 4.98 Å². The summed E-state index contributed by atoms with van der Waals surface area (Å²) in [6.45, 7) is 0. The molecule has 1 aromatic heterocycles. The number of fused-ring (bicyclic) bond motifs is 2. The SMILES string of the molecule is COc1ccc2c(C(=O)O)c3ccccc3nc2c1.Cl. The number of pyridine rings is 1. The molecule has 4 nitrogen and oxygen atoms in total. The Hall–Kier alpha value is -2.33. The molecule has 0 aliphatic heterocycles. The number of para-hydroxylation sites is 1. The van der Waals surface area contributed by atoms with Crippen LogP contribution in [0.2, 0.25) is 0 Å². The molecule has 0 bridgehead atoms. The minimum Gasteiger partial charge on any atom is -0.497 e. The second-order valence-corrected chi connectivity index (χ2v) is 4.19. The maximum atomic E-state index is 11.5. The number of aromatic nitrogens is 1. The van der Waals surface area contributed by atoms with Gasteiger partial charge >= 0.3 is 5.97 Å². The molecule has 0 saturated carbocycles. The molecule has 102 valence electrons. The first kappa shape index (κ1) is 14.1. The van der Waals surface area contributed by atoms with Gasteiger partial charge in [-0.2, -0.15) is 0 Å². The quantitative estimate of drug-likeness (QED) is 0.733. The van der Waals surface area contributed by atoms with Gasteiger partial charge in [0.25, 0.3) is 0 Å². The van der Waals surface area contributed by atoms with E-state index in [1.165, 1.54) is 0 Å². The molecule has 0 spiro atoms. The Balaban J connectivity index is 0.00000147. The maximum absolute atomic E-state index is 11.5. The van der Waals surface area contributed by atoms with Gasteiger partial charge in [0.15, 0.2) is 0 Å². The number of carboxylic acid groups (broad SMARTS) is 1. The molecule has 3 rings (SSSR count). The lowest BCUT2D eigenvalue weighted by Gasteiger charge is -2.08. The van der Waals surface area contributed by atoms with E-state index in [4.69, 9.17) is 4.74 Å². The van der Waals surface area contributed by atoms with Gasteiger partial charge in [-0.25, -0.2) is 9.78 Å². The summed E-state index contributed by atoms with van der Waals surface area (Å²) in [5, 5.41) is 10.7. The van der Waals surface area contributed by atoms with Gasteiger partial charge in [-0.15, -0.1) is 12.4 Å². The molecule has 0 aliphatic carbocycles. The summed E-state index contributed by atoms with van der Waals surface area (Å²) in [6.07, 6.45) is 0. The number of methoxy groups -OCH3 is 1. The maximum Gasteiger partial charge on any atom is 0.337 e. The second-order valence-electron chi connectivity index (χ2n) is 4.19. The molecule has 0 radical (unpaired) electrons. The lowest BCUT2D eigenvalue weighted by molar-refractivity contribution is 0.0701. The zero-order chi connectivity index (χ0) is 13.4. The summed E-state index contributed by atoms with van der Waals surface area (Å²) in [4.78, 5) is 16.0. The molecule has 0 unspecified atom stereocenters. The van der Waals surface area contributed by atoms with Crippen LogP contribution < -0.4 is 4.74 Å². The van der Waals surface area contributed by atoms with Crippen molar-refractivity contribution in [3.63, 3.8) is 0 Å². The lowest BCUT2D eigenvalue weighted by atomic mass is 10.0. The minimum absolute atomic E-state index is 0. The van der Waals surface area contributed by atoms with Gasteiger partial charge in [-0.1, -0.05) is 18.2 Å². The highest BCUT2D eigenvalue weighted by molar-refractivity contribution is 6.13. The number of benzene rings is 2. The highest BCUT2D eigenvalue weighted by atomic mass is 35.5. The Kier molecular flexibility index (Phi) is 3.77. The van der Waals surface area contributed by atoms with Gasteiger partial charge in [0, 0.05) is 16.8 Å². The fourth-order valence-corrected chi connectivity index (χ4v) is 2.23. The number of hydrogen-bond donors (Lipinski definition) is 1. The molecular weight excluding hydrogens is 278 g/mol. The number of halogens is 1. The average molecular weight is 290 g/mol. The molecule has 0 saturated heterocycles. The van der Waals surface area contributed by atoms with E-state index in [0.29, 0.717) is 27.6 Å². The number of ether oxygens (including phenoxy) is 1. The second kappa shape index (κ2) is 5.35. The summed E-state index contributed by atoms with van der Waals surface area (Å²) >= 11 is 0. The third-order valence-corrected chi connectivity index (χ3v) is 3.10. The molecule has 0 aliphatic rings. The van der Waals surface area contributed by atoms with Crippen LogP contribution in [0, 0.1) is 0 Å². The lowest BCUT2D eigenvalue weighted by Crippen LogP contribution is -2.01. The minimum atomic E-state index is -0.950. The molecule has 3 aromatic rings. The van der Waals surface area contributed by atoms with Gasteiger partial charge in [0.05, 0.1) is 23.7 Å². The summed E-state index contributed by atoms with van der Waals surface area (Å²) in [6, 6.07) is 12.4. The molecule has 1 N–H and O–H groups in total. The van der Waals surface area contributed by atoms with Gasteiger partial charge in [0.1, 0.15) is 5.75 Å². The van der Waals surface area contributed by atoms with Gasteiger partial charge in [-0.3, -0.25) is 0 Å². The van der Waals surface area contributed by atoms with Gasteiger partial charge in [-0.05, 0) is 18.2 Å². The predicted molar refractivity (Wildman–Crippen MR) is 80.0 cm³/mol. The van der Waals surface area contributed by atoms with E-state index in [1.54, 1.807) is 37.4 Å². The Labute approximate surface area is 121 Å². The highest BCUT2D eigenvalue weighted by Gasteiger charge is 2.15. The number of aromatic carboxylic acids is 1. The van der Waals surface area contributed by atoms with E-state index in [0.717, 1.165) is 0 Å². The van der Waals surface area contributed by atoms with Crippen molar-refractivity contribution in [2.75, 3.05) is 7.11 Å². The van der Waals surface area contributed by atoms with Crippen LogP contribution in [0.4, 0.5) is 0 Å². The molecule has 0 fully saturated rings. The first-order chi connectivity index (χ1) is 9.20. The fraction of sp³-hybridized carbons (Fsp3) is 0.0667. The largest absolute Gasteiger partial charge is 0.497 e. The van der Waals surface area contributed by atoms with Gasteiger partial charge < -0.3 is 9.84 Å². The van der Waals surface area contributed by atoms with Crippen molar-refractivity contribution in [2.45, 2.75) is 0 Å². The summed E-state index contributed by atoms with van der Waals surface area (Å²) in [5.41, 5.74) is 1.57. The van der Waals surface area contributed by atoms with Crippen molar-refractivity contribution in [1.82, 2.24) is 4.98 Å². The number of nitrogens with zero attached hydrogens (tertiary/aromatic N) is 1. The van der Waals surface area contributed by atoms with Gasteiger partial charge in [0.2, 0.25) is 0 Å². The zero-order valence-electron chi connectivity index (χ0n) is 10.7. The van der Waals surface area contributed by atoms with Crippen molar-refractivity contribution in [1.29, 1.82) is 0 Å². The first-order valence-electron chi connectivity index (χ1n) is 5.80. The van der Waals surface area contributed by atoms with Crippen molar-refractivity contribution >= 4 is 40.2 Å². The third kappa shape index (κ3) is 2.14. The Morgan fingerprint density at radius 1 is 1.10 bits per heavy atom. The smallest absolute Gasteiger partial charge is 0.337 e. The third-order valence-electron chi connectivity index (χ3n) is 3.10. The number of carbonyl (C=O) groups is 1. The molecule has 0 atom stereocenters. The van der Waals surface area contributed by atoms with Crippen LogP contribution in [0.5, 0.6) is 5.75 Å². The zero-order valence-corrected chi connectivity index (χ0v) is 11.5. The Morgan fingerprint density at radius 3 is 2.50 bits per heavy atom. The van der Waals surface area contributed by atoms with Crippen molar-refractivity contribution in [2.24, 2.45) is 0 Å². The van der Waals surface area contributed by atoms with Crippen molar-refractivity contribution < 1.29 is 14.6 Å². The summed E-state index contributed by atoms with van der Waals surface area (Å²) < 4.78 is 5.15. The average Bonchev–Trinajstić information content (AvgIpc) is 2.43. The normalized spacial score (nSPS) is 10.2. The van der Waals surface area contributed by atoms with Crippen LogP contribution in [0.3, 0.4) is 0 Å². The molecule has 0 amide bonds. The van der Waals surface area contributed by atoms with Crippen LogP contribution >= 0.6 is 12.4 Å². The standard InChI is InChI=1S/C15H11NO3.ClH/c1-19-9-6-7-11-13(8-9)16-12-5-3-2-4-10(12)14(11)15(17)18;/h2-8H,1H3,(H,17,18);1H. The molecule has 5 heteroatoms. The molecule has 20 heavy (non-hydrogen) atoms. The molecule has 2 aromatic carbocycles. The molecular formula is C15H12ClNO3. The van der Waals surface area contributed by atoms with Crippen LogP contribution in [-0.2, 0) is 0 Å². The summed E-state index contributed by atoms with van der Waals surface area (Å²) in [5.74, 6) is -0.291. The number of carboxylic acids is 1. The summed E-state index contributed by atoms with van der Waals surface area (Å²) in [7, 11) is 1.57. The topological polar surface area (TPSA) is 59.4 Å². The molecule has 1 heterocycles. The predicted octanol–water partition coefficient (Wildman–Crippen LogP) is 3.52. The van der Waals surface area contributed by atoms with E-state index in [9.17, 15) is 9.90 Å². The number of rotatable bonds is 2. The Bertz CT molecular complexity index is 802. The first-order valence-corrected chi connectivity index (χ1v) is 5.80. The van der Waals surface area contributed by atoms with Crippen LogP contribution in [0.25, 0.3) is 21.8 Å². The van der Waals surface area contributed by atoms with E-state index < -0.39 is 5.97 Å². The van der Waals surface area contributed by atoms with Crippen LogP contribution in [-0.4, -0.2) is 23.2 Å². The van der Waals surface area contributed by atoms with Crippen molar-refractivity contribution in [3.05, 3.63) is 48.0 Å². The van der Waals surface area contributed by atoms with E-state index >= 15 is 0 Å². The van der Waals surface area contributed by atoms with E-state index in [-0.39, 0.29) is 18.0 Å². The Morgan fingerprint density at radius 2 is 1.80 bits per heavy atom. The van der Waals surface area contributed by atoms with Crippen molar-refractivity contribution in [3.8, 4) is 5.75 Å². The fourth-order valence-electron chi connectivity index (χ4n) is 2.23. The van der Waals surface area contributed by atoms with E-state index in [1.807, 2.05) is 12.1 Å².